The van der Waals surface area contributed by atoms with Crippen molar-refractivity contribution >= 4 is 21.7 Å². The van der Waals surface area contributed by atoms with E-state index in [4.69, 9.17) is 5.73 Å². The second kappa shape index (κ2) is 10.5. The summed E-state index contributed by atoms with van der Waals surface area (Å²) in [7, 11) is -4.73. The molecule has 0 unspecified atom stereocenters. The Kier molecular flexibility index (Phi) is 7.53. The fourth-order valence-corrected chi connectivity index (χ4v) is 8.66. The Morgan fingerprint density at radius 3 is 2.04 bits per heavy atom. The van der Waals surface area contributed by atoms with Crippen LogP contribution in [0.2, 0.25) is 0 Å². The molecule has 5 rings (SSSR count). The molecule has 240 valence electrons. The molecule has 0 bridgehead atoms. The summed E-state index contributed by atoms with van der Waals surface area (Å²) in [5.74, 6) is -3.97. The Labute approximate surface area is 249 Å². The average molecular weight is 665 g/mol. The number of benzene rings is 3. The van der Waals surface area contributed by atoms with E-state index in [0.717, 1.165) is 41.3 Å². The molecule has 1 aliphatic heterocycles. The number of nitrogens with zero attached hydrogens (tertiary/aromatic N) is 1. The summed E-state index contributed by atoms with van der Waals surface area (Å²) < 4.78 is 151. The van der Waals surface area contributed by atoms with E-state index in [2.05, 4.69) is 0 Å². The fraction of sp³-hybridized carbons (Fsp3) is 0.310. The van der Waals surface area contributed by atoms with Crippen molar-refractivity contribution < 1.29 is 57.5 Å². The summed E-state index contributed by atoms with van der Waals surface area (Å²) in [4.78, 5) is 25.6. The molecular weight excluding hydrogens is 643 g/mol. The van der Waals surface area contributed by atoms with Gasteiger partial charge in [-0.1, -0.05) is 18.2 Å². The maximum absolute atomic E-state index is 15.0. The van der Waals surface area contributed by atoms with Crippen molar-refractivity contribution in [2.75, 3.05) is 6.54 Å². The monoisotopic (exact) mass is 664 g/mol. The quantitative estimate of drug-likeness (QED) is 0.272. The number of hydrogen-bond acceptors (Lipinski definition) is 4. The molecule has 0 saturated carbocycles. The summed E-state index contributed by atoms with van der Waals surface area (Å²) in [5, 5.41) is 0. The summed E-state index contributed by atoms with van der Waals surface area (Å²) in [5.41, 5.74) is -3.89. The highest BCUT2D eigenvalue weighted by atomic mass is 32.2. The van der Waals surface area contributed by atoms with Crippen molar-refractivity contribution in [3.05, 3.63) is 100 Å². The van der Waals surface area contributed by atoms with Crippen LogP contribution >= 0.6 is 0 Å². The molecule has 1 fully saturated rings. The summed E-state index contributed by atoms with van der Waals surface area (Å²) in [6.45, 7) is -0.361. The number of sulfone groups is 1. The van der Waals surface area contributed by atoms with E-state index in [1.165, 1.54) is 0 Å². The van der Waals surface area contributed by atoms with Gasteiger partial charge in [-0.3, -0.25) is 9.59 Å². The highest BCUT2D eigenvalue weighted by Gasteiger charge is 2.74. The largest absolute Gasteiger partial charge is 0.435 e. The Morgan fingerprint density at radius 1 is 0.867 bits per heavy atom. The normalized spacial score (nSPS) is 20.5. The summed E-state index contributed by atoms with van der Waals surface area (Å²) >= 11 is 0. The predicted octanol–water partition coefficient (Wildman–Crippen LogP) is 5.88. The van der Waals surface area contributed by atoms with Crippen molar-refractivity contribution in [2.45, 2.75) is 53.0 Å². The van der Waals surface area contributed by atoms with Crippen LogP contribution in [0.5, 0.6) is 0 Å². The lowest BCUT2D eigenvalue weighted by Gasteiger charge is -2.43. The number of fused-ring (bicyclic) bond motifs is 3. The van der Waals surface area contributed by atoms with E-state index in [1.807, 2.05) is 0 Å². The lowest BCUT2D eigenvalue weighted by atomic mass is 9.76. The number of hydrogen-bond donors (Lipinski definition) is 1. The molecule has 2 atom stereocenters. The van der Waals surface area contributed by atoms with Crippen LogP contribution in [-0.2, 0) is 26.7 Å². The molecule has 2 amide bonds. The van der Waals surface area contributed by atoms with Crippen molar-refractivity contribution in [2.24, 2.45) is 5.73 Å². The number of alkyl halides is 7. The lowest BCUT2D eigenvalue weighted by Crippen LogP contribution is -2.53. The van der Waals surface area contributed by atoms with Gasteiger partial charge in [-0.15, -0.1) is 0 Å². The van der Waals surface area contributed by atoms with E-state index in [-0.39, 0.29) is 42.1 Å². The van der Waals surface area contributed by atoms with Crippen molar-refractivity contribution in [1.82, 2.24) is 4.90 Å². The van der Waals surface area contributed by atoms with Crippen LogP contribution < -0.4 is 5.73 Å². The first kappa shape index (κ1) is 32.3. The zero-order chi connectivity index (χ0) is 33.3. The van der Waals surface area contributed by atoms with E-state index in [9.17, 15) is 57.5 Å². The van der Waals surface area contributed by atoms with Crippen LogP contribution in [-0.4, -0.2) is 50.1 Å². The third-order valence-corrected chi connectivity index (χ3v) is 11.0. The number of carbonyl (C=O) groups is 2. The maximum Gasteiger partial charge on any atom is 0.435 e. The molecule has 6 nitrogen and oxygen atoms in total. The summed E-state index contributed by atoms with van der Waals surface area (Å²) in [6, 6.07) is 6.05. The molecule has 1 saturated heterocycles. The minimum Gasteiger partial charge on any atom is -0.366 e. The molecule has 0 radical (unpaired) electrons. The van der Waals surface area contributed by atoms with Gasteiger partial charge in [-0.25, -0.2) is 21.6 Å². The van der Waals surface area contributed by atoms with Crippen LogP contribution in [0, 0.1) is 11.6 Å². The Morgan fingerprint density at radius 2 is 1.49 bits per heavy atom. The van der Waals surface area contributed by atoms with Crippen LogP contribution in [0.1, 0.15) is 50.2 Å². The maximum atomic E-state index is 15.0. The van der Waals surface area contributed by atoms with Crippen LogP contribution in [0.15, 0.2) is 65.6 Å². The highest BCUT2D eigenvalue weighted by molar-refractivity contribution is 7.92. The average Bonchev–Trinajstić information content (AvgIpc) is 3.37. The van der Waals surface area contributed by atoms with Gasteiger partial charge in [0.05, 0.1) is 16.5 Å². The first-order valence-corrected chi connectivity index (χ1v) is 14.6. The molecule has 3 aromatic carbocycles. The second-order valence-corrected chi connectivity index (χ2v) is 12.9. The first-order valence-electron chi connectivity index (χ1n) is 13.1. The molecular formula is C29H21F9N2O4S. The molecule has 0 spiro atoms. The van der Waals surface area contributed by atoms with Gasteiger partial charge in [0.2, 0.25) is 5.91 Å². The Bertz CT molecular complexity index is 1790. The standard InChI is InChI=1S/C29H21F9N2O4S/c30-18-4-6-19(7-5-18)45(43,44)26-11-12-40(25(42)20-8-1-16(24(39)41)14-22(20)31)23(26)10-2-15-13-17(3-9-21(15)26)27(32,28(33,34)35)29(36,37)38/h1,3-9,13-14,23H,2,10-12H2,(H2,39,41)/t23-,26-/m1/s1. The number of aryl methyl sites for hydroxylation is 1. The number of amides is 2. The van der Waals surface area contributed by atoms with E-state index < -0.39 is 84.5 Å². The molecule has 2 N–H and O–H groups in total. The van der Waals surface area contributed by atoms with Crippen LogP contribution in [0.3, 0.4) is 0 Å². The van der Waals surface area contributed by atoms with Crippen LogP contribution in [0.25, 0.3) is 0 Å². The third kappa shape index (κ3) is 4.75. The minimum atomic E-state index is -6.42. The van der Waals surface area contributed by atoms with E-state index in [1.54, 1.807) is 0 Å². The fourth-order valence-electron chi connectivity index (χ4n) is 6.29. The smallest absolute Gasteiger partial charge is 0.366 e. The number of nitrogens with two attached hydrogens (primary N) is 1. The van der Waals surface area contributed by atoms with Crippen molar-refractivity contribution in [1.29, 1.82) is 0 Å². The van der Waals surface area contributed by atoms with Gasteiger partial charge >= 0.3 is 18.0 Å². The molecule has 16 heteroatoms. The van der Waals surface area contributed by atoms with E-state index in [0.29, 0.717) is 18.2 Å². The number of halogens is 9. The zero-order valence-electron chi connectivity index (χ0n) is 22.6. The first-order chi connectivity index (χ1) is 20.8. The number of rotatable bonds is 5. The van der Waals surface area contributed by atoms with Gasteiger partial charge < -0.3 is 10.6 Å². The number of likely N-dealkylation sites (tertiary alicyclic amines) is 1. The van der Waals surface area contributed by atoms with Gasteiger partial charge in [0.1, 0.15) is 16.4 Å². The second-order valence-electron chi connectivity index (χ2n) is 10.7. The van der Waals surface area contributed by atoms with Gasteiger partial charge in [-0.05, 0) is 72.9 Å². The molecule has 45 heavy (non-hydrogen) atoms. The SMILES string of the molecule is NC(=O)c1ccc(C(=O)N2CC[C@@]3(S(=O)(=O)c4ccc(F)cc4)c4ccc(C(F)(C(F)(F)F)C(F)(F)F)cc4CC[C@@H]23)c(F)c1. The molecule has 1 heterocycles. The third-order valence-electron chi connectivity index (χ3n) is 8.41. The van der Waals surface area contributed by atoms with E-state index >= 15 is 0 Å². The molecule has 2 aliphatic rings. The predicted molar refractivity (Wildman–Crippen MR) is 139 cm³/mol. The highest BCUT2D eigenvalue weighted by Crippen LogP contribution is 2.56. The van der Waals surface area contributed by atoms with Crippen LogP contribution in [0.4, 0.5) is 39.5 Å². The topological polar surface area (TPSA) is 97.5 Å². The molecule has 3 aromatic rings. The Hall–Kier alpha value is -4.08. The summed E-state index contributed by atoms with van der Waals surface area (Å²) in [6.07, 6.45) is -14.0. The zero-order valence-corrected chi connectivity index (χ0v) is 23.5. The lowest BCUT2D eigenvalue weighted by molar-refractivity contribution is -0.348. The number of primary amides is 1. The number of carbonyl (C=O) groups excluding carboxylic acids is 2. The minimum absolute atomic E-state index is 0.205. The molecule has 1 aliphatic carbocycles. The van der Waals surface area contributed by atoms with Gasteiger partial charge in [0, 0.05) is 17.7 Å². The van der Waals surface area contributed by atoms with Gasteiger partial charge in [-0.2, -0.15) is 26.3 Å². The van der Waals surface area contributed by atoms with Crippen molar-refractivity contribution in [3.63, 3.8) is 0 Å². The van der Waals surface area contributed by atoms with Gasteiger partial charge in [0.15, 0.2) is 9.84 Å². The van der Waals surface area contributed by atoms with Gasteiger partial charge in [0.25, 0.3) is 5.91 Å². The van der Waals surface area contributed by atoms with Crippen molar-refractivity contribution in [3.8, 4) is 0 Å². The Balaban J connectivity index is 1.69. The molecule has 0 aromatic heterocycles.